The van der Waals surface area contributed by atoms with Crippen LogP contribution >= 0.6 is 0 Å². The van der Waals surface area contributed by atoms with E-state index in [0.29, 0.717) is 24.2 Å². The molecule has 0 spiro atoms. The van der Waals surface area contributed by atoms with Crippen molar-refractivity contribution < 1.29 is 14.3 Å². The molecule has 1 fully saturated rings. The molecule has 0 aliphatic heterocycles. The average Bonchev–Trinajstić information content (AvgIpc) is 2.54. The van der Waals surface area contributed by atoms with Crippen molar-refractivity contribution in [2.24, 2.45) is 0 Å². The van der Waals surface area contributed by atoms with Crippen LogP contribution in [0.1, 0.15) is 49.4 Å². The van der Waals surface area contributed by atoms with Gasteiger partial charge in [0, 0.05) is 5.56 Å². The van der Waals surface area contributed by atoms with Crippen LogP contribution in [-0.4, -0.2) is 23.8 Å². The Labute approximate surface area is 130 Å². The lowest BCUT2D eigenvalue weighted by Crippen LogP contribution is -2.50. The molecule has 5 heteroatoms. The van der Waals surface area contributed by atoms with Crippen molar-refractivity contribution in [2.75, 3.05) is 6.61 Å². The molecule has 2 rings (SSSR count). The molecule has 0 radical (unpaired) electrons. The summed E-state index contributed by atoms with van der Waals surface area (Å²) in [6, 6.07) is 8.95. The fraction of sp³-hybridized carbons (Fsp3) is 0.471. The number of hydrogen-bond donors (Lipinski definition) is 1. The van der Waals surface area contributed by atoms with Gasteiger partial charge >= 0.3 is 0 Å². The van der Waals surface area contributed by atoms with Gasteiger partial charge in [0.2, 0.25) is 0 Å². The Hall–Kier alpha value is -2.35. The first kappa shape index (κ1) is 16.0. The predicted molar refractivity (Wildman–Crippen MR) is 81.5 cm³/mol. The van der Waals surface area contributed by atoms with Crippen LogP contribution < -0.4 is 10.1 Å². The summed E-state index contributed by atoms with van der Waals surface area (Å²) in [7, 11) is 0. The van der Waals surface area contributed by atoms with Gasteiger partial charge in [-0.25, -0.2) is 0 Å². The fourth-order valence-corrected chi connectivity index (χ4v) is 2.68. The van der Waals surface area contributed by atoms with E-state index in [1.165, 1.54) is 6.92 Å². The number of Topliss-reactive ketones (excluding diaryl/α,β-unsaturated/α-hetero) is 1. The first-order chi connectivity index (χ1) is 10.5. The molecular weight excluding hydrogens is 280 g/mol. The van der Waals surface area contributed by atoms with E-state index in [1.807, 2.05) is 0 Å². The lowest BCUT2D eigenvalue weighted by Gasteiger charge is -2.31. The van der Waals surface area contributed by atoms with E-state index in [1.54, 1.807) is 24.3 Å². The molecule has 1 aliphatic rings. The largest absolute Gasteiger partial charge is 0.484 e. The Kier molecular flexibility index (Phi) is 5.16. The second-order valence-electron chi connectivity index (χ2n) is 5.68. The van der Waals surface area contributed by atoms with E-state index in [9.17, 15) is 14.9 Å². The highest BCUT2D eigenvalue weighted by atomic mass is 16.5. The molecule has 1 N–H and O–H groups in total. The van der Waals surface area contributed by atoms with E-state index < -0.39 is 5.54 Å². The maximum atomic E-state index is 12.0. The Morgan fingerprint density at radius 1 is 1.32 bits per heavy atom. The van der Waals surface area contributed by atoms with Gasteiger partial charge in [-0.1, -0.05) is 31.4 Å². The molecule has 1 aliphatic carbocycles. The normalized spacial score (nSPS) is 16.4. The minimum atomic E-state index is -0.750. The monoisotopic (exact) mass is 300 g/mol. The van der Waals surface area contributed by atoms with Crippen LogP contribution in [0, 0.1) is 11.3 Å². The zero-order valence-electron chi connectivity index (χ0n) is 12.7. The number of benzene rings is 1. The van der Waals surface area contributed by atoms with Crippen molar-refractivity contribution in [2.45, 2.75) is 44.6 Å². The van der Waals surface area contributed by atoms with Crippen molar-refractivity contribution in [1.29, 1.82) is 5.26 Å². The van der Waals surface area contributed by atoms with Crippen LogP contribution in [0.5, 0.6) is 5.75 Å². The van der Waals surface area contributed by atoms with Gasteiger partial charge in [-0.05, 0) is 31.9 Å². The molecule has 22 heavy (non-hydrogen) atoms. The SMILES string of the molecule is CC(=O)c1cccc(OCC(=O)NC2(C#N)CCCCC2)c1. The lowest BCUT2D eigenvalue weighted by atomic mass is 9.83. The number of carbonyl (C=O) groups excluding carboxylic acids is 2. The summed E-state index contributed by atoms with van der Waals surface area (Å²) in [5.41, 5.74) is -0.210. The van der Waals surface area contributed by atoms with Crippen molar-refractivity contribution in [3.8, 4) is 11.8 Å². The molecule has 1 amide bonds. The van der Waals surface area contributed by atoms with E-state index >= 15 is 0 Å². The van der Waals surface area contributed by atoms with Gasteiger partial charge in [-0.3, -0.25) is 9.59 Å². The highest BCUT2D eigenvalue weighted by Crippen LogP contribution is 2.27. The first-order valence-corrected chi connectivity index (χ1v) is 7.51. The van der Waals surface area contributed by atoms with Crippen LogP contribution in [0.4, 0.5) is 0 Å². The number of amides is 1. The van der Waals surface area contributed by atoms with Crippen LogP contribution in [0.15, 0.2) is 24.3 Å². The summed E-state index contributed by atoms with van der Waals surface area (Å²) < 4.78 is 5.42. The highest BCUT2D eigenvalue weighted by molar-refractivity contribution is 5.94. The molecule has 1 aromatic carbocycles. The second kappa shape index (κ2) is 7.08. The summed E-state index contributed by atoms with van der Waals surface area (Å²) in [6.45, 7) is 1.32. The third kappa shape index (κ3) is 4.08. The van der Waals surface area contributed by atoms with E-state index in [4.69, 9.17) is 4.74 Å². The molecule has 1 saturated carbocycles. The fourth-order valence-electron chi connectivity index (χ4n) is 2.68. The van der Waals surface area contributed by atoms with Crippen molar-refractivity contribution in [3.05, 3.63) is 29.8 Å². The number of nitrogens with zero attached hydrogens (tertiary/aromatic N) is 1. The van der Waals surface area contributed by atoms with Crippen molar-refractivity contribution in [3.63, 3.8) is 0 Å². The molecule has 5 nitrogen and oxygen atoms in total. The number of ether oxygens (including phenoxy) is 1. The van der Waals surface area contributed by atoms with Gasteiger partial charge in [0.25, 0.3) is 5.91 Å². The standard InChI is InChI=1S/C17H20N2O3/c1-13(20)14-6-5-7-15(10-14)22-11-16(21)19-17(12-18)8-3-2-4-9-17/h5-7,10H,2-4,8-9,11H2,1H3,(H,19,21). The topological polar surface area (TPSA) is 79.2 Å². The summed E-state index contributed by atoms with van der Waals surface area (Å²) >= 11 is 0. The highest BCUT2D eigenvalue weighted by Gasteiger charge is 2.33. The zero-order chi connectivity index (χ0) is 16.0. The van der Waals surface area contributed by atoms with Crippen LogP contribution in [0.3, 0.4) is 0 Å². The van der Waals surface area contributed by atoms with Gasteiger partial charge < -0.3 is 10.1 Å². The Morgan fingerprint density at radius 3 is 2.68 bits per heavy atom. The molecule has 116 valence electrons. The number of nitriles is 1. The van der Waals surface area contributed by atoms with Crippen LogP contribution in [0.25, 0.3) is 0 Å². The van der Waals surface area contributed by atoms with Crippen LogP contribution in [-0.2, 0) is 4.79 Å². The Bertz CT molecular complexity index is 598. The molecule has 1 aromatic rings. The number of ketones is 1. The molecule has 0 saturated heterocycles. The van der Waals surface area contributed by atoms with Gasteiger partial charge in [0.05, 0.1) is 6.07 Å². The summed E-state index contributed by atoms with van der Waals surface area (Å²) in [5, 5.41) is 12.1. The average molecular weight is 300 g/mol. The zero-order valence-corrected chi connectivity index (χ0v) is 12.7. The van der Waals surface area contributed by atoms with E-state index in [2.05, 4.69) is 11.4 Å². The first-order valence-electron chi connectivity index (χ1n) is 7.51. The minimum Gasteiger partial charge on any atom is -0.484 e. The Morgan fingerprint density at radius 2 is 2.05 bits per heavy atom. The smallest absolute Gasteiger partial charge is 0.259 e. The van der Waals surface area contributed by atoms with Gasteiger partial charge in [0.15, 0.2) is 12.4 Å². The third-order valence-electron chi connectivity index (χ3n) is 3.91. The molecule has 0 bridgehead atoms. The molecule has 0 unspecified atom stereocenters. The molecule has 0 aromatic heterocycles. The quantitative estimate of drug-likeness (QED) is 0.848. The van der Waals surface area contributed by atoms with Crippen molar-refractivity contribution in [1.82, 2.24) is 5.32 Å². The second-order valence-corrected chi connectivity index (χ2v) is 5.68. The minimum absolute atomic E-state index is 0.0551. The van der Waals surface area contributed by atoms with Crippen LogP contribution in [0.2, 0.25) is 0 Å². The Balaban J connectivity index is 1.91. The number of carbonyl (C=O) groups is 2. The summed E-state index contributed by atoms with van der Waals surface area (Å²) in [4.78, 5) is 23.3. The van der Waals surface area contributed by atoms with Crippen molar-refractivity contribution >= 4 is 11.7 Å². The maximum absolute atomic E-state index is 12.0. The number of rotatable bonds is 5. The number of nitrogens with one attached hydrogen (secondary N) is 1. The third-order valence-corrected chi connectivity index (χ3v) is 3.91. The molecule has 0 atom stereocenters. The molecular formula is C17H20N2O3. The summed E-state index contributed by atoms with van der Waals surface area (Å²) in [6.07, 6.45) is 4.39. The maximum Gasteiger partial charge on any atom is 0.259 e. The van der Waals surface area contributed by atoms with Gasteiger partial charge in [-0.15, -0.1) is 0 Å². The number of hydrogen-bond acceptors (Lipinski definition) is 4. The van der Waals surface area contributed by atoms with E-state index in [-0.39, 0.29) is 18.3 Å². The van der Waals surface area contributed by atoms with Gasteiger partial charge in [-0.2, -0.15) is 5.26 Å². The van der Waals surface area contributed by atoms with Gasteiger partial charge in [0.1, 0.15) is 11.3 Å². The summed E-state index contributed by atoms with van der Waals surface area (Å²) in [5.74, 6) is 0.106. The predicted octanol–water partition coefficient (Wildman–Crippen LogP) is 2.61. The lowest BCUT2D eigenvalue weighted by molar-refractivity contribution is -0.124. The van der Waals surface area contributed by atoms with E-state index in [0.717, 1.165) is 19.3 Å². The molecule has 0 heterocycles.